The van der Waals surface area contributed by atoms with E-state index in [2.05, 4.69) is 17.6 Å². The molecule has 0 aromatic heterocycles. The highest BCUT2D eigenvalue weighted by atomic mass is 16.5. The Hall–Kier alpha value is -1.30. The first kappa shape index (κ1) is 13.1. The Morgan fingerprint density at radius 1 is 1.39 bits per heavy atom. The van der Waals surface area contributed by atoms with Crippen LogP contribution in [0.1, 0.15) is 26.2 Å². The molecule has 6 nitrogen and oxygen atoms in total. The van der Waals surface area contributed by atoms with Gasteiger partial charge in [0.25, 0.3) is 0 Å². The van der Waals surface area contributed by atoms with E-state index in [1.807, 2.05) is 0 Å². The number of nitrogens with one attached hydrogen (secondary N) is 2. The summed E-state index contributed by atoms with van der Waals surface area (Å²) >= 11 is 0. The summed E-state index contributed by atoms with van der Waals surface area (Å²) in [5, 5.41) is 14.4. The summed E-state index contributed by atoms with van der Waals surface area (Å²) < 4.78 is 5.09. The van der Waals surface area contributed by atoms with Crippen molar-refractivity contribution in [2.24, 2.45) is 11.3 Å². The zero-order valence-corrected chi connectivity index (χ0v) is 10.6. The Morgan fingerprint density at radius 3 is 2.67 bits per heavy atom. The van der Waals surface area contributed by atoms with E-state index in [1.165, 1.54) is 6.42 Å². The van der Waals surface area contributed by atoms with Gasteiger partial charge < -0.3 is 20.5 Å². The first-order valence-electron chi connectivity index (χ1n) is 6.35. The van der Waals surface area contributed by atoms with E-state index in [0.717, 1.165) is 12.8 Å². The average molecular weight is 256 g/mol. The zero-order valence-electron chi connectivity index (χ0n) is 10.6. The summed E-state index contributed by atoms with van der Waals surface area (Å²) in [4.78, 5) is 22.6. The molecule has 102 valence electrons. The van der Waals surface area contributed by atoms with Gasteiger partial charge in [-0.1, -0.05) is 13.3 Å². The predicted molar refractivity (Wildman–Crippen MR) is 64.2 cm³/mol. The van der Waals surface area contributed by atoms with Crippen LogP contribution in [0.3, 0.4) is 0 Å². The number of rotatable bonds is 4. The molecule has 3 N–H and O–H groups in total. The highest BCUT2D eigenvalue weighted by Crippen LogP contribution is 2.39. The standard InChI is InChI=1S/C12H20N2O4/c1-12(3-2-4-12)7-13-11(17)14-9-6-18-5-8(9)10(15)16/h8-9H,2-7H2,1H3,(H,15,16)(H2,13,14,17). The van der Waals surface area contributed by atoms with Crippen LogP contribution in [0.15, 0.2) is 0 Å². The maximum atomic E-state index is 11.7. The van der Waals surface area contributed by atoms with Crippen molar-refractivity contribution < 1.29 is 19.4 Å². The Kier molecular flexibility index (Phi) is 3.75. The molecule has 0 bridgehead atoms. The van der Waals surface area contributed by atoms with Gasteiger partial charge in [-0.2, -0.15) is 0 Å². The van der Waals surface area contributed by atoms with Crippen LogP contribution in [0.5, 0.6) is 0 Å². The summed E-state index contributed by atoms with van der Waals surface area (Å²) in [6, 6.07) is -0.735. The topological polar surface area (TPSA) is 87.7 Å². The van der Waals surface area contributed by atoms with Crippen molar-refractivity contribution in [2.75, 3.05) is 19.8 Å². The minimum atomic E-state index is -0.927. The number of ether oxygens (including phenoxy) is 1. The molecule has 0 radical (unpaired) electrons. The maximum Gasteiger partial charge on any atom is 0.315 e. The summed E-state index contributed by atoms with van der Waals surface area (Å²) in [5.74, 6) is -1.57. The predicted octanol–water partition coefficient (Wildman–Crippen LogP) is 0.575. The lowest BCUT2D eigenvalue weighted by Crippen LogP contribution is -2.50. The van der Waals surface area contributed by atoms with Crippen LogP contribution < -0.4 is 10.6 Å². The van der Waals surface area contributed by atoms with Crippen molar-refractivity contribution in [3.63, 3.8) is 0 Å². The van der Waals surface area contributed by atoms with E-state index in [9.17, 15) is 9.59 Å². The number of urea groups is 1. The Balaban J connectivity index is 1.75. The highest BCUT2D eigenvalue weighted by molar-refractivity contribution is 5.77. The largest absolute Gasteiger partial charge is 0.481 e. The second-order valence-corrected chi connectivity index (χ2v) is 5.58. The fourth-order valence-corrected chi connectivity index (χ4v) is 2.41. The number of amides is 2. The molecule has 1 saturated carbocycles. The molecule has 1 aliphatic carbocycles. The van der Waals surface area contributed by atoms with Gasteiger partial charge in [0, 0.05) is 6.54 Å². The molecule has 6 heteroatoms. The van der Waals surface area contributed by atoms with Crippen molar-refractivity contribution in [2.45, 2.75) is 32.2 Å². The zero-order chi connectivity index (χ0) is 13.2. The lowest BCUT2D eigenvalue weighted by molar-refractivity contribution is -0.142. The third-order valence-electron chi connectivity index (χ3n) is 3.95. The Labute approximate surface area is 106 Å². The van der Waals surface area contributed by atoms with Crippen molar-refractivity contribution in [1.82, 2.24) is 10.6 Å². The molecule has 18 heavy (non-hydrogen) atoms. The summed E-state index contributed by atoms with van der Waals surface area (Å²) in [6.45, 7) is 3.22. The molecule has 2 unspecified atom stereocenters. The third-order valence-corrected chi connectivity index (χ3v) is 3.95. The molecular weight excluding hydrogens is 236 g/mol. The number of aliphatic carboxylic acids is 1. The van der Waals surface area contributed by atoms with Gasteiger partial charge in [0.1, 0.15) is 5.92 Å². The second kappa shape index (κ2) is 5.14. The van der Waals surface area contributed by atoms with Crippen LogP contribution in [0.2, 0.25) is 0 Å². The average Bonchev–Trinajstić information content (AvgIpc) is 2.72. The number of carbonyl (C=O) groups excluding carboxylic acids is 1. The van der Waals surface area contributed by atoms with E-state index < -0.39 is 17.9 Å². The normalized spacial score (nSPS) is 29.4. The first-order chi connectivity index (χ1) is 8.50. The molecule has 2 rings (SSSR count). The molecule has 0 spiro atoms. The SMILES string of the molecule is CC1(CNC(=O)NC2COCC2C(=O)O)CCC1. The van der Waals surface area contributed by atoms with Gasteiger partial charge in [0.05, 0.1) is 19.3 Å². The van der Waals surface area contributed by atoms with E-state index in [-0.39, 0.29) is 24.7 Å². The van der Waals surface area contributed by atoms with E-state index in [4.69, 9.17) is 9.84 Å². The van der Waals surface area contributed by atoms with Crippen molar-refractivity contribution in [3.8, 4) is 0 Å². The minimum Gasteiger partial charge on any atom is -0.481 e. The minimum absolute atomic E-state index is 0.165. The molecule has 2 amide bonds. The van der Waals surface area contributed by atoms with Gasteiger partial charge >= 0.3 is 12.0 Å². The van der Waals surface area contributed by atoms with Crippen molar-refractivity contribution in [1.29, 1.82) is 0 Å². The van der Waals surface area contributed by atoms with E-state index in [0.29, 0.717) is 6.54 Å². The lowest BCUT2D eigenvalue weighted by atomic mass is 9.70. The van der Waals surface area contributed by atoms with Crippen LogP contribution in [0, 0.1) is 11.3 Å². The monoisotopic (exact) mass is 256 g/mol. The van der Waals surface area contributed by atoms with Crippen LogP contribution in [0.4, 0.5) is 4.79 Å². The first-order valence-corrected chi connectivity index (χ1v) is 6.35. The molecular formula is C12H20N2O4. The van der Waals surface area contributed by atoms with Gasteiger partial charge in [-0.3, -0.25) is 4.79 Å². The van der Waals surface area contributed by atoms with Crippen molar-refractivity contribution >= 4 is 12.0 Å². The molecule has 1 aliphatic heterocycles. The molecule has 2 fully saturated rings. The Morgan fingerprint density at radius 2 is 2.11 bits per heavy atom. The summed E-state index contributed by atoms with van der Waals surface area (Å²) in [6.07, 6.45) is 3.49. The number of carboxylic acids is 1. The lowest BCUT2D eigenvalue weighted by Gasteiger charge is -2.38. The van der Waals surface area contributed by atoms with Gasteiger partial charge in [-0.05, 0) is 18.3 Å². The third kappa shape index (κ3) is 2.93. The van der Waals surface area contributed by atoms with Crippen LogP contribution in [0.25, 0.3) is 0 Å². The molecule has 1 heterocycles. The van der Waals surface area contributed by atoms with Gasteiger partial charge in [0.15, 0.2) is 0 Å². The van der Waals surface area contributed by atoms with Gasteiger partial charge in [-0.15, -0.1) is 0 Å². The highest BCUT2D eigenvalue weighted by Gasteiger charge is 2.36. The number of carbonyl (C=O) groups is 2. The molecule has 2 atom stereocenters. The number of carboxylic acid groups (broad SMARTS) is 1. The van der Waals surface area contributed by atoms with Crippen LogP contribution in [-0.2, 0) is 9.53 Å². The molecule has 2 aliphatic rings. The summed E-state index contributed by atoms with van der Waals surface area (Å²) in [7, 11) is 0. The summed E-state index contributed by atoms with van der Waals surface area (Å²) in [5.41, 5.74) is 0.218. The molecule has 0 aromatic rings. The number of hydrogen-bond acceptors (Lipinski definition) is 3. The molecule has 1 saturated heterocycles. The molecule has 0 aromatic carbocycles. The van der Waals surface area contributed by atoms with Crippen molar-refractivity contribution in [3.05, 3.63) is 0 Å². The maximum absolute atomic E-state index is 11.7. The fourth-order valence-electron chi connectivity index (χ4n) is 2.41. The van der Waals surface area contributed by atoms with Crippen LogP contribution >= 0.6 is 0 Å². The van der Waals surface area contributed by atoms with Gasteiger partial charge in [0.2, 0.25) is 0 Å². The van der Waals surface area contributed by atoms with Gasteiger partial charge in [-0.25, -0.2) is 4.79 Å². The quantitative estimate of drug-likeness (QED) is 0.686. The number of hydrogen-bond donors (Lipinski definition) is 3. The van der Waals surface area contributed by atoms with E-state index in [1.54, 1.807) is 0 Å². The Bertz CT molecular complexity index is 341. The van der Waals surface area contributed by atoms with Crippen LogP contribution in [-0.4, -0.2) is 42.9 Å². The second-order valence-electron chi connectivity index (χ2n) is 5.58. The smallest absolute Gasteiger partial charge is 0.315 e. The fraction of sp³-hybridized carbons (Fsp3) is 0.833. The van der Waals surface area contributed by atoms with E-state index >= 15 is 0 Å².